The van der Waals surface area contributed by atoms with Crippen molar-refractivity contribution in [2.75, 3.05) is 11.6 Å². The highest BCUT2D eigenvalue weighted by Crippen LogP contribution is 2.26. The summed E-state index contributed by atoms with van der Waals surface area (Å²) in [4.78, 5) is 0.163. The summed E-state index contributed by atoms with van der Waals surface area (Å²) in [6, 6.07) is 8.86. The molecule has 7 heteroatoms. The lowest BCUT2D eigenvalue weighted by molar-refractivity contribution is 0.601. The molecule has 0 aliphatic carbocycles. The molecule has 21 heavy (non-hydrogen) atoms. The monoisotopic (exact) mass is 347 g/mol. The third-order valence-electron chi connectivity index (χ3n) is 2.86. The summed E-state index contributed by atoms with van der Waals surface area (Å²) >= 11 is 11.8. The predicted octanol–water partition coefficient (Wildman–Crippen LogP) is 4.15. The van der Waals surface area contributed by atoms with Gasteiger partial charge in [-0.25, -0.2) is 12.8 Å². The first kappa shape index (κ1) is 16.1. The van der Waals surface area contributed by atoms with E-state index in [0.717, 1.165) is 6.26 Å². The normalized spacial score (nSPS) is 11.4. The van der Waals surface area contributed by atoms with Crippen LogP contribution in [0.2, 0.25) is 10.0 Å². The zero-order valence-corrected chi connectivity index (χ0v) is 13.4. The van der Waals surface area contributed by atoms with Gasteiger partial charge in [-0.2, -0.15) is 0 Å². The number of hydrogen-bond acceptors (Lipinski definition) is 3. The molecular formula is C14H12Cl2FNO2S. The maximum Gasteiger partial charge on any atom is 0.175 e. The lowest BCUT2D eigenvalue weighted by Gasteiger charge is -2.12. The first-order valence-corrected chi connectivity index (χ1v) is 8.60. The second-order valence-corrected chi connectivity index (χ2v) is 7.27. The minimum Gasteiger partial charge on any atom is -0.381 e. The van der Waals surface area contributed by atoms with Gasteiger partial charge in [0.2, 0.25) is 0 Å². The van der Waals surface area contributed by atoms with Crippen LogP contribution >= 0.6 is 23.2 Å². The average Bonchev–Trinajstić information content (AvgIpc) is 2.40. The van der Waals surface area contributed by atoms with Crippen LogP contribution < -0.4 is 5.32 Å². The molecule has 0 atom stereocenters. The van der Waals surface area contributed by atoms with Gasteiger partial charge in [0, 0.05) is 29.1 Å². The summed E-state index contributed by atoms with van der Waals surface area (Å²) < 4.78 is 36.6. The fourth-order valence-electron chi connectivity index (χ4n) is 1.85. The van der Waals surface area contributed by atoms with Crippen molar-refractivity contribution in [3.63, 3.8) is 0 Å². The lowest BCUT2D eigenvalue weighted by Crippen LogP contribution is -2.08. The van der Waals surface area contributed by atoms with Crippen LogP contribution in [0.5, 0.6) is 0 Å². The summed E-state index contributed by atoms with van der Waals surface area (Å²) in [6.07, 6.45) is 1.12. The zero-order valence-electron chi connectivity index (χ0n) is 11.0. The van der Waals surface area contributed by atoms with Crippen molar-refractivity contribution in [2.45, 2.75) is 11.4 Å². The molecule has 0 bridgehead atoms. The number of hydrogen-bond donors (Lipinski definition) is 1. The molecule has 1 N–H and O–H groups in total. The Kier molecular flexibility index (Phi) is 4.76. The van der Waals surface area contributed by atoms with Gasteiger partial charge in [-0.1, -0.05) is 29.3 Å². The average molecular weight is 348 g/mol. The highest BCUT2D eigenvalue weighted by Gasteiger charge is 2.15. The van der Waals surface area contributed by atoms with Gasteiger partial charge in [-0.15, -0.1) is 0 Å². The topological polar surface area (TPSA) is 46.2 Å². The molecule has 0 radical (unpaired) electrons. The Morgan fingerprint density at radius 2 is 1.86 bits per heavy atom. The molecule has 112 valence electrons. The maximum absolute atomic E-state index is 13.1. The van der Waals surface area contributed by atoms with Gasteiger partial charge >= 0.3 is 0 Å². The smallest absolute Gasteiger partial charge is 0.175 e. The molecule has 0 aliphatic heterocycles. The van der Waals surface area contributed by atoms with Crippen molar-refractivity contribution >= 4 is 38.7 Å². The minimum absolute atomic E-state index is 0.0116. The van der Waals surface area contributed by atoms with Crippen LogP contribution in [-0.2, 0) is 16.4 Å². The quantitative estimate of drug-likeness (QED) is 0.903. The lowest BCUT2D eigenvalue weighted by atomic mass is 10.2. The van der Waals surface area contributed by atoms with E-state index in [-0.39, 0.29) is 16.5 Å². The van der Waals surface area contributed by atoms with Crippen LogP contribution in [0.3, 0.4) is 0 Å². The van der Waals surface area contributed by atoms with Crippen LogP contribution in [0.15, 0.2) is 41.3 Å². The Balaban J connectivity index is 2.30. The van der Waals surface area contributed by atoms with Crippen LogP contribution in [0.4, 0.5) is 10.1 Å². The third-order valence-corrected chi connectivity index (χ3v) is 4.69. The van der Waals surface area contributed by atoms with Gasteiger partial charge in [0.25, 0.3) is 0 Å². The molecule has 2 aromatic rings. The van der Waals surface area contributed by atoms with E-state index < -0.39 is 15.7 Å². The number of sulfone groups is 1. The second-order valence-electron chi connectivity index (χ2n) is 4.47. The van der Waals surface area contributed by atoms with E-state index in [1.807, 2.05) is 0 Å². The molecular weight excluding hydrogens is 336 g/mol. The minimum atomic E-state index is -3.39. The Labute approximate surface area is 132 Å². The van der Waals surface area contributed by atoms with Crippen LogP contribution in [-0.4, -0.2) is 14.7 Å². The van der Waals surface area contributed by atoms with Crippen LogP contribution in [0.25, 0.3) is 0 Å². The highest BCUT2D eigenvalue weighted by molar-refractivity contribution is 7.90. The first-order valence-electron chi connectivity index (χ1n) is 5.95. The maximum atomic E-state index is 13.1. The van der Waals surface area contributed by atoms with Crippen molar-refractivity contribution in [3.8, 4) is 0 Å². The zero-order chi connectivity index (χ0) is 15.6. The summed E-state index contributed by atoms with van der Waals surface area (Å²) in [7, 11) is -3.39. The molecule has 0 aromatic heterocycles. The Hall–Kier alpha value is -1.30. The summed E-state index contributed by atoms with van der Waals surface area (Å²) in [5.74, 6) is -0.517. The Bertz CT molecular complexity index is 779. The van der Waals surface area contributed by atoms with E-state index in [2.05, 4.69) is 5.32 Å². The molecule has 0 saturated carbocycles. The van der Waals surface area contributed by atoms with Gasteiger partial charge in [0.05, 0.1) is 9.92 Å². The van der Waals surface area contributed by atoms with Crippen LogP contribution in [0, 0.1) is 5.82 Å². The fraction of sp³-hybridized carbons (Fsp3) is 0.143. The van der Waals surface area contributed by atoms with Crippen molar-refractivity contribution in [2.24, 2.45) is 0 Å². The van der Waals surface area contributed by atoms with Gasteiger partial charge in [0.1, 0.15) is 5.82 Å². The summed E-state index contributed by atoms with van der Waals surface area (Å²) in [5.41, 5.74) is 1.03. The van der Waals surface area contributed by atoms with E-state index in [9.17, 15) is 12.8 Å². The molecule has 0 unspecified atom stereocenters. The highest BCUT2D eigenvalue weighted by atomic mass is 35.5. The van der Waals surface area contributed by atoms with Crippen LogP contribution in [0.1, 0.15) is 5.56 Å². The Morgan fingerprint density at radius 1 is 1.14 bits per heavy atom. The van der Waals surface area contributed by atoms with Crippen molar-refractivity contribution in [1.29, 1.82) is 0 Å². The fourth-order valence-corrected chi connectivity index (χ4v) is 3.29. The number of halogens is 3. The predicted molar refractivity (Wildman–Crippen MR) is 83.3 cm³/mol. The molecule has 0 heterocycles. The van der Waals surface area contributed by atoms with Gasteiger partial charge in [-0.05, 0) is 30.3 Å². The SMILES string of the molecule is CS(=O)(=O)c1cccc(Cl)c1CNc1ccc(F)c(Cl)c1. The van der Waals surface area contributed by atoms with E-state index in [1.54, 1.807) is 12.1 Å². The van der Waals surface area contributed by atoms with E-state index in [4.69, 9.17) is 23.2 Å². The number of nitrogens with one attached hydrogen (secondary N) is 1. The van der Waals surface area contributed by atoms with Crippen molar-refractivity contribution in [3.05, 3.63) is 57.8 Å². The van der Waals surface area contributed by atoms with Gasteiger partial charge < -0.3 is 5.32 Å². The number of rotatable bonds is 4. The van der Waals surface area contributed by atoms with E-state index >= 15 is 0 Å². The van der Waals surface area contributed by atoms with E-state index in [0.29, 0.717) is 16.3 Å². The largest absolute Gasteiger partial charge is 0.381 e. The molecule has 0 fully saturated rings. The van der Waals surface area contributed by atoms with Crippen molar-refractivity contribution in [1.82, 2.24) is 0 Å². The summed E-state index contributed by atoms with van der Waals surface area (Å²) in [5, 5.41) is 3.32. The molecule has 0 spiro atoms. The third kappa shape index (κ3) is 3.87. The molecule has 0 amide bonds. The molecule has 0 aliphatic rings. The first-order chi connectivity index (χ1) is 9.79. The number of benzene rings is 2. The molecule has 2 rings (SSSR count). The molecule has 0 saturated heterocycles. The summed E-state index contributed by atoms with van der Waals surface area (Å²) in [6.45, 7) is 0.185. The molecule has 3 nitrogen and oxygen atoms in total. The van der Waals surface area contributed by atoms with Gasteiger partial charge in [0.15, 0.2) is 9.84 Å². The number of anilines is 1. The van der Waals surface area contributed by atoms with Gasteiger partial charge in [-0.3, -0.25) is 0 Å². The van der Waals surface area contributed by atoms with E-state index in [1.165, 1.54) is 24.3 Å². The van der Waals surface area contributed by atoms with Crippen molar-refractivity contribution < 1.29 is 12.8 Å². The molecule has 2 aromatic carbocycles. The Morgan fingerprint density at radius 3 is 2.48 bits per heavy atom. The second kappa shape index (κ2) is 6.22. The standard InChI is InChI=1S/C14H12Cl2FNO2S/c1-21(19,20)14-4-2-3-11(15)10(14)8-18-9-5-6-13(17)12(16)7-9/h2-7,18H,8H2,1H3.